The smallest absolute Gasteiger partial charge is 0.331 e. The van der Waals surface area contributed by atoms with E-state index in [9.17, 15) is 14.4 Å². The van der Waals surface area contributed by atoms with Crippen molar-refractivity contribution >= 4 is 34.7 Å². The van der Waals surface area contributed by atoms with Gasteiger partial charge in [0.2, 0.25) is 0 Å². The maximum Gasteiger partial charge on any atom is 0.331 e. The molecule has 2 aromatic carbocycles. The predicted octanol–water partition coefficient (Wildman–Crippen LogP) is 3.89. The van der Waals surface area contributed by atoms with Gasteiger partial charge in [0.15, 0.2) is 0 Å². The van der Waals surface area contributed by atoms with Crippen LogP contribution in [0, 0.1) is 0 Å². The Morgan fingerprint density at radius 2 is 1.81 bits per heavy atom. The van der Waals surface area contributed by atoms with E-state index in [-0.39, 0.29) is 12.1 Å². The first-order valence-corrected chi connectivity index (χ1v) is 10.3. The number of carbonyl (C=O) groups is 3. The lowest BCUT2D eigenvalue weighted by molar-refractivity contribution is -0.130. The van der Waals surface area contributed by atoms with Crippen molar-refractivity contribution in [2.75, 3.05) is 13.2 Å². The minimum Gasteiger partial charge on any atom is -0.494 e. The Morgan fingerprint density at radius 1 is 1.03 bits per heavy atom. The monoisotopic (exact) mass is 434 g/mol. The average molecular weight is 434 g/mol. The van der Waals surface area contributed by atoms with Crippen molar-refractivity contribution in [1.29, 1.82) is 0 Å². The second-order valence-electron chi connectivity index (χ2n) is 7.01. The predicted molar refractivity (Wildman–Crippen MR) is 117 cm³/mol. The first-order chi connectivity index (χ1) is 15.5. The van der Waals surface area contributed by atoms with Crippen LogP contribution in [0.3, 0.4) is 0 Å². The van der Waals surface area contributed by atoms with Crippen LogP contribution in [0.15, 0.2) is 58.7 Å². The molecule has 1 aromatic heterocycles. The Balaban J connectivity index is 1.82. The van der Waals surface area contributed by atoms with Crippen molar-refractivity contribution in [3.8, 4) is 11.5 Å². The van der Waals surface area contributed by atoms with Crippen LogP contribution in [0.5, 0.6) is 11.5 Å². The van der Waals surface area contributed by atoms with Crippen molar-refractivity contribution in [3.05, 3.63) is 65.6 Å². The molecule has 164 valence electrons. The van der Waals surface area contributed by atoms with Gasteiger partial charge in [-0.25, -0.2) is 4.79 Å². The van der Waals surface area contributed by atoms with Crippen molar-refractivity contribution in [2.45, 2.75) is 20.4 Å². The van der Waals surface area contributed by atoms with E-state index >= 15 is 0 Å². The lowest BCUT2D eigenvalue weighted by Crippen LogP contribution is -2.53. The normalized spacial score (nSPS) is 15.4. The van der Waals surface area contributed by atoms with Gasteiger partial charge in [-0.3, -0.25) is 19.8 Å². The van der Waals surface area contributed by atoms with Crippen LogP contribution in [-0.2, 0) is 16.1 Å². The molecule has 1 fully saturated rings. The molecule has 0 radical (unpaired) electrons. The molecule has 0 saturated carbocycles. The van der Waals surface area contributed by atoms with Gasteiger partial charge in [-0.15, -0.1) is 0 Å². The van der Waals surface area contributed by atoms with Crippen LogP contribution < -0.4 is 14.8 Å². The number of benzene rings is 2. The molecule has 4 amide bonds. The zero-order chi connectivity index (χ0) is 22.7. The van der Waals surface area contributed by atoms with E-state index in [0.29, 0.717) is 36.0 Å². The van der Waals surface area contributed by atoms with Gasteiger partial charge in [-0.1, -0.05) is 12.1 Å². The van der Waals surface area contributed by atoms with E-state index in [2.05, 4.69) is 5.32 Å². The van der Waals surface area contributed by atoms with Crippen LogP contribution >= 0.6 is 0 Å². The molecule has 0 atom stereocenters. The third-order valence-electron chi connectivity index (χ3n) is 4.97. The minimum absolute atomic E-state index is 0.0926. The van der Waals surface area contributed by atoms with Crippen LogP contribution in [-0.4, -0.2) is 36.0 Å². The lowest BCUT2D eigenvalue weighted by atomic mass is 9.99. The number of imide groups is 2. The van der Waals surface area contributed by atoms with E-state index in [1.54, 1.807) is 18.2 Å². The Morgan fingerprint density at radius 3 is 2.53 bits per heavy atom. The summed E-state index contributed by atoms with van der Waals surface area (Å²) in [7, 11) is 0. The van der Waals surface area contributed by atoms with Crippen LogP contribution in [0.2, 0.25) is 0 Å². The molecule has 0 spiro atoms. The highest BCUT2D eigenvalue weighted by Crippen LogP contribution is 2.33. The summed E-state index contributed by atoms with van der Waals surface area (Å²) >= 11 is 0. The van der Waals surface area contributed by atoms with Crippen molar-refractivity contribution in [3.63, 3.8) is 0 Å². The third kappa shape index (κ3) is 4.07. The van der Waals surface area contributed by atoms with E-state index in [1.807, 2.05) is 38.1 Å². The minimum atomic E-state index is -0.796. The fourth-order valence-electron chi connectivity index (χ4n) is 3.53. The molecule has 0 bridgehead atoms. The molecule has 4 rings (SSSR count). The maximum absolute atomic E-state index is 13.1. The summed E-state index contributed by atoms with van der Waals surface area (Å²) in [5, 5.41) is 3.86. The number of nitrogens with one attached hydrogen (secondary N) is 1. The molecule has 0 unspecified atom stereocenters. The molecule has 1 N–H and O–H groups in total. The van der Waals surface area contributed by atoms with Gasteiger partial charge in [0, 0.05) is 5.56 Å². The molecule has 8 heteroatoms. The van der Waals surface area contributed by atoms with E-state index in [0.717, 1.165) is 15.7 Å². The zero-order valence-electron chi connectivity index (χ0n) is 17.7. The zero-order valence-corrected chi connectivity index (χ0v) is 17.7. The van der Waals surface area contributed by atoms with Crippen LogP contribution in [0.25, 0.3) is 16.8 Å². The summed E-state index contributed by atoms with van der Waals surface area (Å²) in [5.41, 5.74) is 0.378. The highest BCUT2D eigenvalue weighted by Gasteiger charge is 2.36. The Hall–Kier alpha value is -4.07. The molecule has 3 aromatic rings. The first kappa shape index (κ1) is 21.2. The quantitative estimate of drug-likeness (QED) is 0.448. The van der Waals surface area contributed by atoms with Gasteiger partial charge in [0.25, 0.3) is 11.8 Å². The number of hydrogen-bond acceptors (Lipinski definition) is 6. The Kier molecular flexibility index (Phi) is 5.93. The number of barbiturate groups is 1. The number of rotatable bonds is 7. The Bertz CT molecular complexity index is 1210. The number of carbonyl (C=O) groups excluding carboxylic acids is 3. The maximum atomic E-state index is 13.1. The Labute approximate surface area is 184 Å². The number of amides is 4. The number of fused-ring (bicyclic) bond motifs is 1. The summed E-state index contributed by atoms with van der Waals surface area (Å²) in [6, 6.07) is 11.8. The lowest BCUT2D eigenvalue weighted by Gasteiger charge is -2.25. The van der Waals surface area contributed by atoms with E-state index < -0.39 is 17.8 Å². The van der Waals surface area contributed by atoms with E-state index in [4.69, 9.17) is 13.9 Å². The summed E-state index contributed by atoms with van der Waals surface area (Å²) in [6.45, 7) is 4.54. The van der Waals surface area contributed by atoms with Crippen molar-refractivity contribution in [2.24, 2.45) is 0 Å². The van der Waals surface area contributed by atoms with Crippen LogP contribution in [0.1, 0.15) is 25.2 Å². The number of urea groups is 1. The molecule has 32 heavy (non-hydrogen) atoms. The molecule has 0 aliphatic carbocycles. The second kappa shape index (κ2) is 8.97. The fraction of sp³-hybridized carbons (Fsp3) is 0.208. The van der Waals surface area contributed by atoms with Gasteiger partial charge in [0.1, 0.15) is 22.8 Å². The van der Waals surface area contributed by atoms with Gasteiger partial charge in [-0.05, 0) is 61.0 Å². The first-order valence-electron chi connectivity index (χ1n) is 10.3. The number of hydrogen-bond donors (Lipinski definition) is 1. The average Bonchev–Trinajstić information content (AvgIpc) is 3.29. The molecule has 8 nitrogen and oxygen atoms in total. The topological polar surface area (TPSA) is 98.1 Å². The largest absolute Gasteiger partial charge is 0.494 e. The summed E-state index contributed by atoms with van der Waals surface area (Å²) in [6.07, 6.45) is 2.91. The molecular weight excluding hydrogens is 412 g/mol. The molecule has 1 aliphatic rings. The number of ether oxygens (including phenoxy) is 2. The van der Waals surface area contributed by atoms with Gasteiger partial charge in [0.05, 0.1) is 26.0 Å². The van der Waals surface area contributed by atoms with Gasteiger partial charge in [-0.2, -0.15) is 0 Å². The standard InChI is InChI=1S/C24H22N2O6/c1-3-30-16-9-7-15-8-10-21(31-4-2)19(18(15)12-16)13-20-22(27)25-24(29)26(23(20)28)14-17-6-5-11-32-17/h5-13H,3-4,14H2,1-2H3,(H,25,27,29)/b20-13+. The highest BCUT2D eigenvalue weighted by molar-refractivity contribution is 6.31. The second-order valence-corrected chi connectivity index (χ2v) is 7.01. The number of nitrogens with zero attached hydrogens (tertiary/aromatic N) is 1. The van der Waals surface area contributed by atoms with Gasteiger partial charge < -0.3 is 13.9 Å². The van der Waals surface area contributed by atoms with Gasteiger partial charge >= 0.3 is 6.03 Å². The molecule has 1 saturated heterocycles. The highest BCUT2D eigenvalue weighted by atomic mass is 16.5. The summed E-state index contributed by atoms with van der Waals surface area (Å²) < 4.78 is 16.6. The molecule has 1 aliphatic heterocycles. The number of furan rings is 1. The third-order valence-corrected chi connectivity index (χ3v) is 4.97. The summed E-state index contributed by atoms with van der Waals surface area (Å²) in [4.78, 5) is 39.0. The molecular formula is C24H22N2O6. The van der Waals surface area contributed by atoms with Crippen molar-refractivity contribution < 1.29 is 28.3 Å². The van der Waals surface area contributed by atoms with E-state index in [1.165, 1.54) is 12.3 Å². The van der Waals surface area contributed by atoms with Crippen LogP contribution in [0.4, 0.5) is 4.79 Å². The SMILES string of the molecule is CCOc1ccc2ccc(OCC)c(/C=C3\C(=O)NC(=O)N(Cc4ccco4)C3=O)c2c1. The fourth-order valence-corrected chi connectivity index (χ4v) is 3.53. The molecule has 2 heterocycles. The van der Waals surface area contributed by atoms with Crippen molar-refractivity contribution in [1.82, 2.24) is 10.2 Å². The summed E-state index contributed by atoms with van der Waals surface area (Å²) in [5.74, 6) is 0.106.